The van der Waals surface area contributed by atoms with Gasteiger partial charge in [0.05, 0.1) is 17.8 Å². The van der Waals surface area contributed by atoms with Crippen LogP contribution in [-0.2, 0) is 4.79 Å². The summed E-state index contributed by atoms with van der Waals surface area (Å²) < 4.78 is 39.9. The van der Waals surface area contributed by atoms with Gasteiger partial charge in [-0.15, -0.1) is 0 Å². The normalized spacial score (nSPS) is 21.5. The Labute approximate surface area is 136 Å². The lowest BCUT2D eigenvalue weighted by molar-refractivity contribution is -0.185. The summed E-state index contributed by atoms with van der Waals surface area (Å²) in [5.74, 6) is -1.88. The summed E-state index contributed by atoms with van der Waals surface area (Å²) in [5, 5.41) is 6.57. The Bertz CT molecular complexity index is 684. The smallest absolute Gasteiger partial charge is 0.324 e. The molecule has 0 bridgehead atoms. The highest BCUT2D eigenvalue weighted by molar-refractivity contribution is 5.92. The first-order valence-electron chi connectivity index (χ1n) is 7.62. The van der Waals surface area contributed by atoms with Crippen molar-refractivity contribution in [3.63, 3.8) is 0 Å². The Morgan fingerprint density at radius 2 is 2.12 bits per heavy atom. The van der Waals surface area contributed by atoms with Crippen LogP contribution in [0, 0.1) is 11.8 Å². The minimum Gasteiger partial charge on any atom is -0.324 e. The zero-order chi connectivity index (χ0) is 17.2. The van der Waals surface area contributed by atoms with Crippen LogP contribution >= 0.6 is 0 Å². The second-order valence-electron chi connectivity index (χ2n) is 5.84. The maximum absolute atomic E-state index is 12.8. The van der Waals surface area contributed by atoms with Crippen LogP contribution in [-0.4, -0.2) is 31.8 Å². The van der Waals surface area contributed by atoms with Crippen molar-refractivity contribution in [3.05, 3.63) is 31.0 Å². The highest BCUT2D eigenvalue weighted by atomic mass is 19.4. The summed E-state index contributed by atoms with van der Waals surface area (Å²) in [6, 6.07) is 3.27. The van der Waals surface area contributed by atoms with Crippen molar-refractivity contribution in [3.8, 4) is 5.82 Å². The molecule has 1 aliphatic carbocycles. The third-order valence-electron chi connectivity index (χ3n) is 4.18. The molecule has 0 spiro atoms. The number of aromatic nitrogens is 4. The number of carbonyl (C=O) groups excluding carboxylic acids is 1. The largest absolute Gasteiger partial charge is 0.391 e. The van der Waals surface area contributed by atoms with Crippen LogP contribution in [0.3, 0.4) is 0 Å². The number of hydrogen-bond donors (Lipinski definition) is 1. The number of halogens is 3. The van der Waals surface area contributed by atoms with E-state index < -0.39 is 18.0 Å². The van der Waals surface area contributed by atoms with Gasteiger partial charge in [-0.3, -0.25) is 4.79 Å². The Balaban J connectivity index is 1.62. The molecule has 1 saturated carbocycles. The molecule has 3 rings (SSSR count). The fraction of sp³-hybridized carbons (Fsp3) is 0.467. The molecular formula is C15H16F3N5O. The van der Waals surface area contributed by atoms with Gasteiger partial charge < -0.3 is 5.32 Å². The molecule has 6 nitrogen and oxygen atoms in total. The Kier molecular flexibility index (Phi) is 4.50. The van der Waals surface area contributed by atoms with Gasteiger partial charge in [0.1, 0.15) is 12.7 Å². The molecule has 0 saturated heterocycles. The molecular weight excluding hydrogens is 323 g/mol. The van der Waals surface area contributed by atoms with Gasteiger partial charge >= 0.3 is 6.18 Å². The van der Waals surface area contributed by atoms with Crippen molar-refractivity contribution in [2.24, 2.45) is 11.8 Å². The quantitative estimate of drug-likeness (QED) is 0.933. The topological polar surface area (TPSA) is 72.7 Å². The number of anilines is 1. The maximum atomic E-state index is 12.8. The highest BCUT2D eigenvalue weighted by Gasteiger charge is 2.43. The van der Waals surface area contributed by atoms with E-state index in [0.717, 1.165) is 0 Å². The van der Waals surface area contributed by atoms with Gasteiger partial charge in [-0.2, -0.15) is 18.3 Å². The van der Waals surface area contributed by atoms with E-state index in [-0.39, 0.29) is 18.7 Å². The third kappa shape index (κ3) is 3.72. The van der Waals surface area contributed by atoms with Gasteiger partial charge in [-0.25, -0.2) is 14.6 Å². The van der Waals surface area contributed by atoms with E-state index in [2.05, 4.69) is 20.4 Å². The van der Waals surface area contributed by atoms with E-state index >= 15 is 0 Å². The highest BCUT2D eigenvalue weighted by Crippen LogP contribution is 2.40. The van der Waals surface area contributed by atoms with Crippen LogP contribution in [0.2, 0.25) is 0 Å². The first-order valence-corrected chi connectivity index (χ1v) is 7.62. The molecule has 1 aliphatic rings. The SMILES string of the molecule is O=C(Nc1ccc(-n2cncn2)nc1)[C@H]1CCC[C@H](C(F)(F)F)C1. The molecule has 0 radical (unpaired) electrons. The number of rotatable bonds is 3. The van der Waals surface area contributed by atoms with Crippen molar-refractivity contribution >= 4 is 11.6 Å². The molecule has 24 heavy (non-hydrogen) atoms. The van der Waals surface area contributed by atoms with Crippen LogP contribution in [0.25, 0.3) is 5.82 Å². The van der Waals surface area contributed by atoms with Crippen molar-refractivity contribution < 1.29 is 18.0 Å². The van der Waals surface area contributed by atoms with E-state index in [1.807, 2.05) is 0 Å². The predicted molar refractivity (Wildman–Crippen MR) is 79.3 cm³/mol. The minimum absolute atomic E-state index is 0.0986. The first-order chi connectivity index (χ1) is 11.4. The third-order valence-corrected chi connectivity index (χ3v) is 4.18. The monoisotopic (exact) mass is 339 g/mol. The lowest BCUT2D eigenvalue weighted by Gasteiger charge is -2.29. The van der Waals surface area contributed by atoms with Crippen molar-refractivity contribution in [1.82, 2.24) is 19.7 Å². The van der Waals surface area contributed by atoms with E-state index in [4.69, 9.17) is 0 Å². The van der Waals surface area contributed by atoms with Gasteiger partial charge in [-0.05, 0) is 31.4 Å². The second-order valence-corrected chi connectivity index (χ2v) is 5.84. The molecule has 0 unspecified atom stereocenters. The fourth-order valence-corrected chi connectivity index (χ4v) is 2.89. The van der Waals surface area contributed by atoms with Crippen LogP contribution < -0.4 is 5.32 Å². The summed E-state index contributed by atoms with van der Waals surface area (Å²) in [6.07, 6.45) is 0.895. The molecule has 1 amide bonds. The average molecular weight is 339 g/mol. The summed E-state index contributed by atoms with van der Waals surface area (Å²) in [4.78, 5) is 20.2. The van der Waals surface area contributed by atoms with E-state index in [1.165, 1.54) is 23.5 Å². The summed E-state index contributed by atoms with van der Waals surface area (Å²) in [6.45, 7) is 0. The maximum Gasteiger partial charge on any atom is 0.391 e. The number of hydrogen-bond acceptors (Lipinski definition) is 4. The Morgan fingerprint density at radius 1 is 1.29 bits per heavy atom. The minimum atomic E-state index is -4.24. The van der Waals surface area contributed by atoms with Gasteiger partial charge in [-0.1, -0.05) is 6.42 Å². The van der Waals surface area contributed by atoms with Crippen LogP contribution in [0.5, 0.6) is 0 Å². The van der Waals surface area contributed by atoms with Crippen molar-refractivity contribution in [1.29, 1.82) is 0 Å². The first kappa shape index (κ1) is 16.4. The zero-order valence-corrected chi connectivity index (χ0v) is 12.7. The van der Waals surface area contributed by atoms with Crippen LogP contribution in [0.15, 0.2) is 31.0 Å². The summed E-state index contributed by atoms with van der Waals surface area (Å²) in [7, 11) is 0. The summed E-state index contributed by atoms with van der Waals surface area (Å²) >= 11 is 0. The average Bonchev–Trinajstić information content (AvgIpc) is 3.09. The van der Waals surface area contributed by atoms with E-state index in [9.17, 15) is 18.0 Å². The van der Waals surface area contributed by atoms with E-state index in [0.29, 0.717) is 24.3 Å². The number of carbonyl (C=O) groups is 1. The molecule has 0 aliphatic heterocycles. The molecule has 128 valence electrons. The van der Waals surface area contributed by atoms with Crippen LogP contribution in [0.4, 0.5) is 18.9 Å². The molecule has 0 aromatic carbocycles. The standard InChI is InChI=1S/C15H16F3N5O/c16-15(17,18)11-3-1-2-10(6-11)14(24)22-12-4-5-13(20-7-12)23-9-19-8-21-23/h4-5,7-11H,1-3,6H2,(H,22,24)/t10-,11-/m0/s1. The van der Waals surface area contributed by atoms with E-state index in [1.54, 1.807) is 12.1 Å². The molecule has 2 aromatic heterocycles. The number of alkyl halides is 3. The number of amides is 1. The number of nitrogens with one attached hydrogen (secondary N) is 1. The molecule has 2 heterocycles. The fourth-order valence-electron chi connectivity index (χ4n) is 2.89. The van der Waals surface area contributed by atoms with Crippen LogP contribution in [0.1, 0.15) is 25.7 Å². The number of pyridine rings is 1. The van der Waals surface area contributed by atoms with Gasteiger partial charge in [0.25, 0.3) is 0 Å². The molecule has 2 atom stereocenters. The van der Waals surface area contributed by atoms with Gasteiger partial charge in [0.15, 0.2) is 5.82 Å². The Hall–Kier alpha value is -2.45. The predicted octanol–water partition coefficient (Wildman–Crippen LogP) is 2.97. The van der Waals surface area contributed by atoms with Crippen molar-refractivity contribution in [2.75, 3.05) is 5.32 Å². The molecule has 9 heteroatoms. The molecule has 1 N–H and O–H groups in total. The summed E-state index contributed by atoms with van der Waals surface area (Å²) in [5.41, 5.74) is 0.443. The molecule has 1 fully saturated rings. The lowest BCUT2D eigenvalue weighted by Crippen LogP contribution is -2.34. The zero-order valence-electron chi connectivity index (χ0n) is 12.7. The van der Waals surface area contributed by atoms with Gasteiger partial charge in [0.2, 0.25) is 5.91 Å². The lowest BCUT2D eigenvalue weighted by atomic mass is 9.80. The van der Waals surface area contributed by atoms with Gasteiger partial charge in [0, 0.05) is 5.92 Å². The number of nitrogens with zero attached hydrogens (tertiary/aromatic N) is 4. The van der Waals surface area contributed by atoms with Crippen molar-refractivity contribution in [2.45, 2.75) is 31.9 Å². The Morgan fingerprint density at radius 3 is 2.75 bits per heavy atom. The second kappa shape index (κ2) is 6.58. The molecule has 2 aromatic rings.